The minimum absolute atomic E-state index is 0.343. The fraction of sp³-hybridized carbons (Fsp3) is 0.375. The molecule has 1 aromatic heterocycles. The van der Waals surface area contributed by atoms with Gasteiger partial charge in [-0.2, -0.15) is 4.31 Å². The van der Waals surface area contributed by atoms with Crippen molar-refractivity contribution in [2.75, 3.05) is 26.3 Å². The van der Waals surface area contributed by atoms with E-state index < -0.39 is 10.0 Å². The van der Waals surface area contributed by atoms with Crippen molar-refractivity contribution in [3.63, 3.8) is 0 Å². The fourth-order valence-corrected chi connectivity index (χ4v) is 5.32. The van der Waals surface area contributed by atoms with Gasteiger partial charge in [-0.15, -0.1) is 11.3 Å². The zero-order chi connectivity index (χ0) is 17.0. The molecule has 3 rings (SSSR count). The predicted molar refractivity (Wildman–Crippen MR) is 98.6 cm³/mol. The summed E-state index contributed by atoms with van der Waals surface area (Å²) in [4.78, 5) is 1.60. The molecule has 0 amide bonds. The molecule has 0 unspecified atom stereocenters. The highest BCUT2D eigenvalue weighted by Gasteiger charge is 2.25. The number of morpholine rings is 1. The molecule has 24 heavy (non-hydrogen) atoms. The van der Waals surface area contributed by atoms with Crippen molar-refractivity contribution < 1.29 is 13.2 Å². The molecule has 1 aliphatic rings. The van der Waals surface area contributed by atoms with Crippen LogP contribution in [0.5, 0.6) is 0 Å². The van der Waals surface area contributed by atoms with E-state index in [0.29, 0.717) is 37.7 Å². The first-order chi connectivity index (χ1) is 11.6. The molecule has 2 aromatic rings. The maximum atomic E-state index is 12.6. The van der Waals surface area contributed by atoms with Crippen LogP contribution in [0.4, 0.5) is 0 Å². The Balaban J connectivity index is 1.58. The quantitative estimate of drug-likeness (QED) is 0.765. The van der Waals surface area contributed by atoms with Gasteiger partial charge < -0.3 is 10.1 Å². The molecule has 1 aliphatic heterocycles. The molecule has 8 heteroatoms. The van der Waals surface area contributed by atoms with Crippen LogP contribution in [0.25, 0.3) is 0 Å². The van der Waals surface area contributed by atoms with E-state index in [2.05, 4.69) is 32.7 Å². The third-order valence-corrected chi connectivity index (χ3v) is 7.39. The number of hydrogen-bond donors (Lipinski definition) is 1. The van der Waals surface area contributed by atoms with Crippen molar-refractivity contribution in [2.24, 2.45) is 0 Å². The van der Waals surface area contributed by atoms with Gasteiger partial charge in [0.1, 0.15) is 0 Å². The minimum atomic E-state index is -3.41. The van der Waals surface area contributed by atoms with Crippen LogP contribution in [0.3, 0.4) is 0 Å². The second kappa shape index (κ2) is 8.07. The summed E-state index contributed by atoms with van der Waals surface area (Å²) < 4.78 is 32.9. The average molecular weight is 431 g/mol. The van der Waals surface area contributed by atoms with Gasteiger partial charge >= 0.3 is 0 Å². The van der Waals surface area contributed by atoms with Crippen LogP contribution in [0, 0.1) is 0 Å². The molecule has 130 valence electrons. The normalized spacial score (nSPS) is 16.4. The van der Waals surface area contributed by atoms with Crippen LogP contribution < -0.4 is 5.32 Å². The number of sulfonamides is 1. The Hall–Kier alpha value is -0.770. The Labute approximate surface area is 154 Å². The first-order valence-electron chi connectivity index (χ1n) is 7.66. The second-order valence-electron chi connectivity index (χ2n) is 5.50. The molecule has 0 bridgehead atoms. The van der Waals surface area contributed by atoms with Gasteiger partial charge in [0.15, 0.2) is 0 Å². The summed E-state index contributed by atoms with van der Waals surface area (Å²) in [5.74, 6) is 0. The summed E-state index contributed by atoms with van der Waals surface area (Å²) in [7, 11) is -3.41. The van der Waals surface area contributed by atoms with Crippen LogP contribution in [0.1, 0.15) is 10.4 Å². The van der Waals surface area contributed by atoms with Crippen LogP contribution in [-0.2, 0) is 27.8 Å². The number of halogens is 1. The van der Waals surface area contributed by atoms with Gasteiger partial charge in [0.05, 0.1) is 18.1 Å². The largest absolute Gasteiger partial charge is 0.379 e. The van der Waals surface area contributed by atoms with E-state index in [0.717, 1.165) is 16.6 Å². The summed E-state index contributed by atoms with van der Waals surface area (Å²) in [6.07, 6.45) is 0. The van der Waals surface area contributed by atoms with Gasteiger partial charge in [-0.1, -0.05) is 12.1 Å². The van der Waals surface area contributed by atoms with Gasteiger partial charge in [0.25, 0.3) is 0 Å². The maximum Gasteiger partial charge on any atom is 0.243 e. The van der Waals surface area contributed by atoms with Crippen LogP contribution in [-0.4, -0.2) is 39.0 Å². The van der Waals surface area contributed by atoms with Crippen molar-refractivity contribution in [3.8, 4) is 0 Å². The summed E-state index contributed by atoms with van der Waals surface area (Å²) in [5.41, 5.74) is 1.06. The van der Waals surface area contributed by atoms with E-state index in [9.17, 15) is 8.42 Å². The summed E-state index contributed by atoms with van der Waals surface area (Å²) in [6, 6.07) is 9.19. The third-order valence-electron chi connectivity index (χ3n) is 3.78. The highest BCUT2D eigenvalue weighted by atomic mass is 79.9. The molecule has 0 spiro atoms. The highest BCUT2D eigenvalue weighted by Crippen LogP contribution is 2.20. The Morgan fingerprint density at radius 1 is 1.17 bits per heavy atom. The number of nitrogens with one attached hydrogen (secondary N) is 1. The minimum Gasteiger partial charge on any atom is -0.379 e. The predicted octanol–water partition coefficient (Wildman–Crippen LogP) is 2.82. The number of hydrogen-bond acceptors (Lipinski definition) is 5. The fourth-order valence-electron chi connectivity index (χ4n) is 2.49. The first-order valence-corrected chi connectivity index (χ1v) is 10.8. The molecular weight excluding hydrogens is 412 g/mol. The molecule has 2 heterocycles. The van der Waals surface area contributed by atoms with E-state index in [1.165, 1.54) is 9.18 Å². The second-order valence-corrected chi connectivity index (χ2v) is 9.34. The molecule has 1 fully saturated rings. The molecule has 5 nitrogen and oxygen atoms in total. The summed E-state index contributed by atoms with van der Waals surface area (Å²) >= 11 is 5.14. The van der Waals surface area contributed by atoms with Gasteiger partial charge in [0.2, 0.25) is 10.0 Å². The van der Waals surface area contributed by atoms with Crippen LogP contribution in [0.15, 0.2) is 45.1 Å². The Morgan fingerprint density at radius 3 is 2.50 bits per heavy atom. The monoisotopic (exact) mass is 430 g/mol. The lowest BCUT2D eigenvalue weighted by Crippen LogP contribution is -2.40. The van der Waals surface area contributed by atoms with E-state index in [4.69, 9.17) is 4.74 Å². The number of rotatable bonds is 6. The lowest BCUT2D eigenvalue weighted by atomic mass is 10.2. The Morgan fingerprint density at radius 2 is 1.88 bits per heavy atom. The summed E-state index contributed by atoms with van der Waals surface area (Å²) in [5, 5.41) is 5.42. The summed E-state index contributed by atoms with van der Waals surface area (Å²) in [6.45, 7) is 3.25. The molecule has 1 aromatic carbocycles. The molecule has 0 saturated carbocycles. The zero-order valence-corrected chi connectivity index (χ0v) is 16.3. The SMILES string of the molecule is O=S(=O)(c1ccc(CNCc2cc(Br)cs2)cc1)N1CCOCC1. The average Bonchev–Trinajstić information content (AvgIpc) is 3.01. The molecule has 0 aliphatic carbocycles. The van der Waals surface area contributed by atoms with E-state index in [1.807, 2.05) is 12.1 Å². The first kappa shape index (κ1) is 18.0. The lowest BCUT2D eigenvalue weighted by molar-refractivity contribution is 0.0730. The van der Waals surface area contributed by atoms with Crippen molar-refractivity contribution in [2.45, 2.75) is 18.0 Å². The highest BCUT2D eigenvalue weighted by molar-refractivity contribution is 9.10. The Kier molecular flexibility index (Phi) is 6.07. The molecule has 1 saturated heterocycles. The van der Waals surface area contributed by atoms with Gasteiger partial charge in [-0.05, 0) is 39.7 Å². The van der Waals surface area contributed by atoms with Crippen LogP contribution >= 0.6 is 27.3 Å². The number of ether oxygens (including phenoxy) is 1. The van der Waals surface area contributed by atoms with E-state index in [1.54, 1.807) is 23.5 Å². The standard InChI is InChI=1S/C16H19BrN2O3S2/c17-14-9-15(23-12-14)11-18-10-13-1-3-16(4-2-13)24(20,21)19-5-7-22-8-6-19/h1-4,9,12,18H,5-8,10-11H2. The number of nitrogens with zero attached hydrogens (tertiary/aromatic N) is 1. The zero-order valence-electron chi connectivity index (χ0n) is 13.1. The van der Waals surface area contributed by atoms with Crippen molar-refractivity contribution >= 4 is 37.3 Å². The molecular formula is C16H19BrN2O3S2. The van der Waals surface area contributed by atoms with E-state index >= 15 is 0 Å². The van der Waals surface area contributed by atoms with Gasteiger partial charge in [-0.3, -0.25) is 0 Å². The van der Waals surface area contributed by atoms with Crippen molar-refractivity contribution in [3.05, 3.63) is 50.6 Å². The van der Waals surface area contributed by atoms with Gasteiger partial charge in [0, 0.05) is 40.9 Å². The molecule has 0 radical (unpaired) electrons. The van der Waals surface area contributed by atoms with Crippen molar-refractivity contribution in [1.29, 1.82) is 0 Å². The number of thiophene rings is 1. The van der Waals surface area contributed by atoms with Crippen molar-refractivity contribution in [1.82, 2.24) is 9.62 Å². The smallest absolute Gasteiger partial charge is 0.243 e. The molecule has 0 atom stereocenters. The lowest BCUT2D eigenvalue weighted by Gasteiger charge is -2.26. The number of benzene rings is 1. The molecule has 1 N–H and O–H groups in total. The van der Waals surface area contributed by atoms with Crippen LogP contribution in [0.2, 0.25) is 0 Å². The maximum absolute atomic E-state index is 12.6. The third kappa shape index (κ3) is 4.44. The van der Waals surface area contributed by atoms with Gasteiger partial charge in [-0.25, -0.2) is 8.42 Å². The topological polar surface area (TPSA) is 58.6 Å². The van der Waals surface area contributed by atoms with E-state index in [-0.39, 0.29) is 0 Å². The Bertz CT molecular complexity index is 769.